The molecule has 2 rings (SSSR count). The van der Waals surface area contributed by atoms with Crippen LogP contribution in [0.4, 0.5) is 0 Å². The van der Waals surface area contributed by atoms with E-state index >= 15 is 0 Å². The topological polar surface area (TPSA) is 50.7 Å². The number of hydrogen-bond donors (Lipinski definition) is 1. The Morgan fingerprint density at radius 2 is 1.96 bits per heavy atom. The van der Waals surface area contributed by atoms with Crippen molar-refractivity contribution in [2.75, 3.05) is 6.61 Å². The van der Waals surface area contributed by atoms with Crippen molar-refractivity contribution in [2.45, 2.75) is 6.92 Å². The highest BCUT2D eigenvalue weighted by Crippen LogP contribution is 2.21. The SMILES string of the molecule is Cc1cc(OCC(=O)N/N=C\c2ccc(Cl)cc2Cl)ccc1Cl. The first kappa shape index (κ1) is 17.6. The van der Waals surface area contributed by atoms with E-state index in [0.717, 1.165) is 5.56 Å². The maximum Gasteiger partial charge on any atom is 0.277 e. The number of ether oxygens (including phenoxy) is 1. The van der Waals surface area contributed by atoms with Crippen LogP contribution < -0.4 is 10.2 Å². The number of carbonyl (C=O) groups excluding carboxylic acids is 1. The van der Waals surface area contributed by atoms with Crippen molar-refractivity contribution in [3.63, 3.8) is 0 Å². The van der Waals surface area contributed by atoms with Crippen molar-refractivity contribution in [1.29, 1.82) is 0 Å². The zero-order chi connectivity index (χ0) is 16.8. The Balaban J connectivity index is 1.85. The molecule has 0 aliphatic rings. The minimum atomic E-state index is -0.390. The largest absolute Gasteiger partial charge is 0.484 e. The average Bonchev–Trinajstić information content (AvgIpc) is 2.50. The molecule has 0 aromatic heterocycles. The van der Waals surface area contributed by atoms with Gasteiger partial charge in [0.05, 0.1) is 11.2 Å². The Morgan fingerprint density at radius 1 is 1.17 bits per heavy atom. The summed E-state index contributed by atoms with van der Waals surface area (Å²) in [5, 5.41) is 5.45. The van der Waals surface area contributed by atoms with Gasteiger partial charge in [-0.25, -0.2) is 5.43 Å². The lowest BCUT2D eigenvalue weighted by Crippen LogP contribution is -2.24. The first-order valence-electron chi connectivity index (χ1n) is 6.61. The molecule has 0 bridgehead atoms. The van der Waals surface area contributed by atoms with Crippen LogP contribution in [0, 0.1) is 6.92 Å². The number of hydrogen-bond acceptors (Lipinski definition) is 3. The van der Waals surface area contributed by atoms with Gasteiger partial charge in [0.25, 0.3) is 5.91 Å². The van der Waals surface area contributed by atoms with Crippen LogP contribution in [0.5, 0.6) is 5.75 Å². The van der Waals surface area contributed by atoms with E-state index in [1.54, 1.807) is 36.4 Å². The monoisotopic (exact) mass is 370 g/mol. The van der Waals surface area contributed by atoms with Gasteiger partial charge in [-0.15, -0.1) is 0 Å². The molecule has 0 radical (unpaired) electrons. The molecule has 120 valence electrons. The molecule has 2 aromatic carbocycles. The zero-order valence-electron chi connectivity index (χ0n) is 12.1. The van der Waals surface area contributed by atoms with Crippen LogP contribution in [0.3, 0.4) is 0 Å². The first-order chi connectivity index (χ1) is 11.0. The summed E-state index contributed by atoms with van der Waals surface area (Å²) >= 11 is 17.7. The maximum absolute atomic E-state index is 11.7. The number of halogens is 3. The molecule has 0 heterocycles. The van der Waals surface area contributed by atoms with Gasteiger partial charge in [-0.05, 0) is 42.8 Å². The van der Waals surface area contributed by atoms with Crippen molar-refractivity contribution >= 4 is 46.9 Å². The van der Waals surface area contributed by atoms with Gasteiger partial charge in [-0.1, -0.05) is 40.9 Å². The van der Waals surface area contributed by atoms with Crippen LogP contribution in [0.25, 0.3) is 0 Å². The molecule has 1 N–H and O–H groups in total. The van der Waals surface area contributed by atoms with Crippen LogP contribution in [0.15, 0.2) is 41.5 Å². The molecule has 0 fully saturated rings. The molecule has 0 aliphatic heterocycles. The second-order valence-electron chi connectivity index (χ2n) is 4.66. The first-order valence-corrected chi connectivity index (χ1v) is 7.75. The van der Waals surface area contributed by atoms with Gasteiger partial charge in [0.1, 0.15) is 5.75 Å². The molecule has 7 heteroatoms. The zero-order valence-corrected chi connectivity index (χ0v) is 14.4. The number of amides is 1. The van der Waals surface area contributed by atoms with Gasteiger partial charge in [-0.2, -0.15) is 5.10 Å². The number of hydrazone groups is 1. The number of carbonyl (C=O) groups is 1. The Labute approximate surface area is 149 Å². The third-order valence-electron chi connectivity index (χ3n) is 2.85. The van der Waals surface area contributed by atoms with Crippen molar-refractivity contribution < 1.29 is 9.53 Å². The minimum absolute atomic E-state index is 0.160. The summed E-state index contributed by atoms with van der Waals surface area (Å²) in [5.74, 6) is 0.172. The molecule has 0 aliphatic carbocycles. The average molecular weight is 372 g/mol. The second kappa shape index (κ2) is 8.20. The van der Waals surface area contributed by atoms with Crippen molar-refractivity contribution in [2.24, 2.45) is 5.10 Å². The van der Waals surface area contributed by atoms with Crippen molar-refractivity contribution in [3.8, 4) is 5.75 Å². The van der Waals surface area contributed by atoms with Crippen molar-refractivity contribution in [1.82, 2.24) is 5.43 Å². The van der Waals surface area contributed by atoms with Gasteiger partial charge in [-0.3, -0.25) is 4.79 Å². The summed E-state index contributed by atoms with van der Waals surface area (Å²) in [6.45, 7) is 1.70. The molecular formula is C16H13Cl3N2O2. The summed E-state index contributed by atoms with van der Waals surface area (Å²) in [6, 6.07) is 10.1. The van der Waals surface area contributed by atoms with E-state index in [0.29, 0.717) is 26.4 Å². The molecule has 0 saturated carbocycles. The summed E-state index contributed by atoms with van der Waals surface area (Å²) in [7, 11) is 0. The normalized spacial score (nSPS) is 10.8. The lowest BCUT2D eigenvalue weighted by atomic mass is 10.2. The van der Waals surface area contributed by atoms with E-state index < -0.39 is 0 Å². The molecule has 4 nitrogen and oxygen atoms in total. The van der Waals surface area contributed by atoms with Crippen LogP contribution >= 0.6 is 34.8 Å². The Hall–Kier alpha value is -1.75. The molecule has 0 saturated heterocycles. The number of rotatable bonds is 5. The van der Waals surface area contributed by atoms with E-state index in [1.807, 2.05) is 6.92 Å². The number of nitrogens with zero attached hydrogens (tertiary/aromatic N) is 1. The molecule has 2 aromatic rings. The van der Waals surface area contributed by atoms with Crippen LogP contribution in [0.1, 0.15) is 11.1 Å². The van der Waals surface area contributed by atoms with Crippen LogP contribution in [-0.4, -0.2) is 18.7 Å². The number of benzene rings is 2. The van der Waals surface area contributed by atoms with E-state index in [1.165, 1.54) is 6.21 Å². The number of nitrogens with one attached hydrogen (secondary N) is 1. The fraction of sp³-hybridized carbons (Fsp3) is 0.125. The smallest absolute Gasteiger partial charge is 0.277 e. The molecule has 0 unspecified atom stereocenters. The highest BCUT2D eigenvalue weighted by atomic mass is 35.5. The summed E-state index contributed by atoms with van der Waals surface area (Å²) in [5.41, 5.74) is 3.88. The van der Waals surface area contributed by atoms with Gasteiger partial charge < -0.3 is 4.74 Å². The van der Waals surface area contributed by atoms with E-state index in [9.17, 15) is 4.79 Å². The van der Waals surface area contributed by atoms with Gasteiger partial charge >= 0.3 is 0 Å². The third kappa shape index (κ3) is 5.43. The van der Waals surface area contributed by atoms with E-state index in [-0.39, 0.29) is 12.5 Å². The molecule has 0 atom stereocenters. The molecule has 23 heavy (non-hydrogen) atoms. The van der Waals surface area contributed by atoms with Gasteiger partial charge in [0, 0.05) is 15.6 Å². The fourth-order valence-corrected chi connectivity index (χ4v) is 2.24. The van der Waals surface area contributed by atoms with Crippen LogP contribution in [0.2, 0.25) is 15.1 Å². The predicted molar refractivity (Wildman–Crippen MR) is 93.9 cm³/mol. The highest BCUT2D eigenvalue weighted by Gasteiger charge is 2.03. The van der Waals surface area contributed by atoms with Crippen molar-refractivity contribution in [3.05, 3.63) is 62.6 Å². The Kier molecular flexibility index (Phi) is 6.28. The standard InChI is InChI=1S/C16H13Cl3N2O2/c1-10-6-13(4-5-14(10)18)23-9-16(22)21-20-8-11-2-3-12(17)7-15(11)19/h2-8H,9H2,1H3,(H,21,22)/b20-8-. The van der Waals surface area contributed by atoms with Gasteiger partial charge in [0.15, 0.2) is 6.61 Å². The maximum atomic E-state index is 11.7. The summed E-state index contributed by atoms with van der Waals surface area (Å²) in [6.07, 6.45) is 1.43. The minimum Gasteiger partial charge on any atom is -0.484 e. The quantitative estimate of drug-likeness (QED) is 0.622. The molecule has 1 amide bonds. The molecule has 0 spiro atoms. The summed E-state index contributed by atoms with van der Waals surface area (Å²) in [4.78, 5) is 11.7. The third-order valence-corrected chi connectivity index (χ3v) is 3.84. The lowest BCUT2D eigenvalue weighted by Gasteiger charge is -2.06. The van der Waals surface area contributed by atoms with Crippen LogP contribution in [-0.2, 0) is 4.79 Å². The molecular weight excluding hydrogens is 359 g/mol. The number of aryl methyl sites for hydroxylation is 1. The predicted octanol–water partition coefficient (Wildman–Crippen LogP) is 4.48. The second-order valence-corrected chi connectivity index (χ2v) is 5.91. The van der Waals surface area contributed by atoms with E-state index in [4.69, 9.17) is 39.5 Å². The summed E-state index contributed by atoms with van der Waals surface area (Å²) < 4.78 is 5.36. The Bertz CT molecular complexity index is 748. The van der Waals surface area contributed by atoms with Gasteiger partial charge in [0.2, 0.25) is 0 Å². The Morgan fingerprint density at radius 3 is 2.65 bits per heavy atom. The highest BCUT2D eigenvalue weighted by molar-refractivity contribution is 6.36. The van der Waals surface area contributed by atoms with E-state index in [2.05, 4.69) is 10.5 Å². The lowest BCUT2D eigenvalue weighted by molar-refractivity contribution is -0.123. The fourth-order valence-electron chi connectivity index (χ4n) is 1.67.